The van der Waals surface area contributed by atoms with E-state index in [-0.39, 0.29) is 14.9 Å². The maximum absolute atomic E-state index is 12.9. The van der Waals surface area contributed by atoms with E-state index in [0.29, 0.717) is 5.56 Å². The molecule has 0 spiro atoms. The summed E-state index contributed by atoms with van der Waals surface area (Å²) in [5.41, 5.74) is 0.375. The van der Waals surface area contributed by atoms with Crippen LogP contribution < -0.4 is 0 Å². The van der Waals surface area contributed by atoms with E-state index >= 15 is 0 Å². The molecule has 0 fully saturated rings. The van der Waals surface area contributed by atoms with E-state index in [1.807, 2.05) is 0 Å². The highest BCUT2D eigenvalue weighted by Crippen LogP contribution is 2.30. The molecule has 2 aromatic rings. The fourth-order valence-corrected chi connectivity index (χ4v) is 3.60. The number of hydrogen-bond acceptors (Lipinski definition) is 3. The highest BCUT2D eigenvalue weighted by atomic mass is 35.5. The number of allylic oxidation sites excluding steroid dienone is 1. The van der Waals surface area contributed by atoms with E-state index in [0.717, 1.165) is 6.08 Å². The minimum Gasteiger partial charge on any atom is -0.218 e. The first-order valence-corrected chi connectivity index (χ1v) is 8.16. The minimum atomic E-state index is -4.12. The number of sulfone groups is 1. The van der Waals surface area contributed by atoms with Crippen LogP contribution in [0, 0.1) is 17.1 Å². The summed E-state index contributed by atoms with van der Waals surface area (Å²) in [6.45, 7) is 0. The Balaban J connectivity index is 2.57. The molecule has 0 saturated heterocycles. The molecule has 0 bridgehead atoms. The van der Waals surface area contributed by atoms with Crippen LogP contribution in [0.1, 0.15) is 5.56 Å². The molecule has 0 aliphatic rings. The largest absolute Gasteiger partial charge is 0.218 e. The standard InChI is InChI=1S/C15H8Cl2FNO2S/c16-11-3-6-14(17)15(8-11)22(20,21)13(9-19)7-10-1-4-12(18)5-2-10/h1-8H. The second-order valence-electron chi connectivity index (χ2n) is 4.25. The normalized spacial score (nSPS) is 12.0. The molecular weight excluding hydrogens is 348 g/mol. The second kappa shape index (κ2) is 6.49. The molecule has 0 radical (unpaired) electrons. The van der Waals surface area contributed by atoms with Crippen molar-refractivity contribution in [2.45, 2.75) is 4.90 Å². The monoisotopic (exact) mass is 355 g/mol. The van der Waals surface area contributed by atoms with Gasteiger partial charge < -0.3 is 0 Å². The Morgan fingerprint density at radius 1 is 1.14 bits per heavy atom. The third-order valence-corrected chi connectivity index (χ3v) is 5.13. The summed E-state index contributed by atoms with van der Waals surface area (Å²) in [6.07, 6.45) is 1.14. The van der Waals surface area contributed by atoms with Gasteiger partial charge in [0.05, 0.1) is 9.92 Å². The number of rotatable bonds is 3. The Morgan fingerprint density at radius 2 is 1.77 bits per heavy atom. The lowest BCUT2D eigenvalue weighted by Crippen LogP contribution is -2.04. The molecule has 0 heterocycles. The maximum atomic E-state index is 12.9. The van der Waals surface area contributed by atoms with Crippen LogP contribution in [-0.2, 0) is 9.84 Å². The van der Waals surface area contributed by atoms with Crippen LogP contribution in [0.2, 0.25) is 10.0 Å². The zero-order valence-corrected chi connectivity index (χ0v) is 13.3. The highest BCUT2D eigenvalue weighted by Gasteiger charge is 2.24. The van der Waals surface area contributed by atoms with Gasteiger partial charge in [0.2, 0.25) is 9.84 Å². The lowest BCUT2D eigenvalue weighted by molar-refractivity contribution is 0.603. The minimum absolute atomic E-state index is 0.0374. The Morgan fingerprint density at radius 3 is 2.36 bits per heavy atom. The van der Waals surface area contributed by atoms with Gasteiger partial charge in [-0.2, -0.15) is 5.26 Å². The Kier molecular flexibility index (Phi) is 4.87. The van der Waals surface area contributed by atoms with Gasteiger partial charge in [-0.3, -0.25) is 0 Å². The number of nitriles is 1. The van der Waals surface area contributed by atoms with E-state index < -0.39 is 20.6 Å². The van der Waals surface area contributed by atoms with Crippen molar-refractivity contribution in [2.75, 3.05) is 0 Å². The summed E-state index contributed by atoms with van der Waals surface area (Å²) < 4.78 is 37.9. The molecule has 2 rings (SSSR count). The summed E-state index contributed by atoms with van der Waals surface area (Å²) in [5, 5.41) is 9.30. The van der Waals surface area contributed by atoms with Crippen molar-refractivity contribution < 1.29 is 12.8 Å². The van der Waals surface area contributed by atoms with Crippen LogP contribution in [-0.4, -0.2) is 8.42 Å². The Labute approximate surface area is 137 Å². The van der Waals surface area contributed by atoms with Gasteiger partial charge in [0, 0.05) is 5.02 Å². The molecule has 0 atom stereocenters. The zero-order chi connectivity index (χ0) is 16.3. The third-order valence-electron chi connectivity index (χ3n) is 2.75. The van der Waals surface area contributed by atoms with Crippen molar-refractivity contribution in [3.8, 4) is 6.07 Å². The van der Waals surface area contributed by atoms with Gasteiger partial charge in [-0.05, 0) is 42.0 Å². The topological polar surface area (TPSA) is 57.9 Å². The summed E-state index contributed by atoms with van der Waals surface area (Å²) in [7, 11) is -4.12. The molecule has 7 heteroatoms. The summed E-state index contributed by atoms with van der Waals surface area (Å²) in [6, 6.07) is 10.6. The van der Waals surface area contributed by atoms with Gasteiger partial charge in [-0.15, -0.1) is 0 Å². The van der Waals surface area contributed by atoms with Crippen molar-refractivity contribution in [2.24, 2.45) is 0 Å². The van der Waals surface area contributed by atoms with Crippen LogP contribution >= 0.6 is 23.2 Å². The molecular formula is C15H8Cl2FNO2S. The van der Waals surface area contributed by atoms with Crippen molar-refractivity contribution in [3.63, 3.8) is 0 Å². The quantitative estimate of drug-likeness (QED) is 0.763. The highest BCUT2D eigenvalue weighted by molar-refractivity contribution is 7.95. The smallest absolute Gasteiger partial charge is 0.218 e. The van der Waals surface area contributed by atoms with Crippen LogP contribution in [0.15, 0.2) is 52.3 Å². The number of benzene rings is 2. The lowest BCUT2D eigenvalue weighted by atomic mass is 10.2. The summed E-state index contributed by atoms with van der Waals surface area (Å²) in [4.78, 5) is -0.764. The van der Waals surface area contributed by atoms with E-state index in [1.165, 1.54) is 42.5 Å². The Hall–Kier alpha value is -1.87. The fourth-order valence-electron chi connectivity index (χ4n) is 1.68. The van der Waals surface area contributed by atoms with Gasteiger partial charge >= 0.3 is 0 Å². The molecule has 0 aromatic heterocycles. The predicted molar refractivity (Wildman–Crippen MR) is 83.6 cm³/mol. The van der Waals surface area contributed by atoms with E-state index in [9.17, 15) is 12.8 Å². The van der Waals surface area contributed by atoms with Gasteiger partial charge in [0.1, 0.15) is 16.8 Å². The molecule has 0 N–H and O–H groups in total. The van der Waals surface area contributed by atoms with Gasteiger partial charge in [-0.25, -0.2) is 12.8 Å². The summed E-state index contributed by atoms with van der Waals surface area (Å²) in [5.74, 6) is -0.462. The van der Waals surface area contributed by atoms with Crippen LogP contribution in [0.4, 0.5) is 4.39 Å². The van der Waals surface area contributed by atoms with Crippen molar-refractivity contribution in [1.82, 2.24) is 0 Å². The second-order valence-corrected chi connectivity index (χ2v) is 6.98. The molecule has 2 aromatic carbocycles. The maximum Gasteiger partial charge on any atom is 0.218 e. The van der Waals surface area contributed by atoms with Crippen molar-refractivity contribution >= 4 is 39.1 Å². The predicted octanol–water partition coefficient (Wildman–Crippen LogP) is 4.47. The lowest BCUT2D eigenvalue weighted by Gasteiger charge is -2.06. The molecule has 0 amide bonds. The molecule has 22 heavy (non-hydrogen) atoms. The Bertz CT molecular complexity index is 885. The molecule has 0 aliphatic heterocycles. The van der Waals surface area contributed by atoms with E-state index in [1.54, 1.807) is 6.07 Å². The average molecular weight is 356 g/mol. The first kappa shape index (κ1) is 16.5. The number of halogens is 3. The average Bonchev–Trinajstić information content (AvgIpc) is 2.48. The zero-order valence-electron chi connectivity index (χ0n) is 10.9. The van der Waals surface area contributed by atoms with Crippen LogP contribution in [0.5, 0.6) is 0 Å². The van der Waals surface area contributed by atoms with E-state index in [4.69, 9.17) is 28.5 Å². The first-order valence-electron chi connectivity index (χ1n) is 5.92. The molecule has 0 aliphatic carbocycles. The molecule has 112 valence electrons. The molecule has 3 nitrogen and oxygen atoms in total. The number of nitrogens with zero attached hydrogens (tertiary/aromatic N) is 1. The van der Waals surface area contributed by atoms with Crippen LogP contribution in [0.3, 0.4) is 0 Å². The number of hydrogen-bond donors (Lipinski definition) is 0. The van der Waals surface area contributed by atoms with Gasteiger partial charge in [-0.1, -0.05) is 35.3 Å². The van der Waals surface area contributed by atoms with Gasteiger partial charge in [0.25, 0.3) is 0 Å². The SMILES string of the molecule is N#CC(=Cc1ccc(F)cc1)S(=O)(=O)c1cc(Cl)ccc1Cl. The van der Waals surface area contributed by atoms with Crippen LogP contribution in [0.25, 0.3) is 6.08 Å². The third kappa shape index (κ3) is 3.47. The van der Waals surface area contributed by atoms with Gasteiger partial charge in [0.15, 0.2) is 0 Å². The first-order chi connectivity index (χ1) is 10.3. The molecule has 0 unspecified atom stereocenters. The van der Waals surface area contributed by atoms with Crippen molar-refractivity contribution in [1.29, 1.82) is 5.26 Å². The fraction of sp³-hybridized carbons (Fsp3) is 0. The van der Waals surface area contributed by atoms with E-state index in [2.05, 4.69) is 0 Å². The molecule has 0 saturated carbocycles. The summed E-state index contributed by atoms with van der Waals surface area (Å²) >= 11 is 11.7. The van der Waals surface area contributed by atoms with Crippen molar-refractivity contribution in [3.05, 3.63) is 68.8 Å².